The number of amides is 1. The summed E-state index contributed by atoms with van der Waals surface area (Å²) in [6.07, 6.45) is 2.52. The fourth-order valence-corrected chi connectivity index (χ4v) is 4.39. The molecule has 2 heterocycles. The first-order valence-corrected chi connectivity index (χ1v) is 10.1. The molecule has 2 aromatic carbocycles. The third-order valence-corrected chi connectivity index (χ3v) is 6.23. The number of aryl methyl sites for hydroxylation is 2. The van der Waals surface area contributed by atoms with Gasteiger partial charge in [0.25, 0.3) is 5.91 Å². The van der Waals surface area contributed by atoms with E-state index in [0.29, 0.717) is 24.6 Å². The molecule has 4 rings (SSSR count). The van der Waals surface area contributed by atoms with Crippen LogP contribution in [0.4, 0.5) is 0 Å². The van der Waals surface area contributed by atoms with Gasteiger partial charge in [0.1, 0.15) is 0 Å². The van der Waals surface area contributed by atoms with E-state index in [0.717, 1.165) is 47.0 Å². The van der Waals surface area contributed by atoms with Crippen LogP contribution < -0.4 is 0 Å². The van der Waals surface area contributed by atoms with Crippen molar-refractivity contribution in [3.05, 3.63) is 70.4 Å². The third-order valence-electron chi connectivity index (χ3n) is 6.23. The molecule has 0 atom stereocenters. The minimum atomic E-state index is -0.877. The molecule has 29 heavy (non-hydrogen) atoms. The summed E-state index contributed by atoms with van der Waals surface area (Å²) in [5, 5.41) is 10.5. The molecule has 0 unspecified atom stereocenters. The van der Waals surface area contributed by atoms with E-state index in [1.54, 1.807) is 12.1 Å². The molecule has 5 heteroatoms. The summed E-state index contributed by atoms with van der Waals surface area (Å²) in [7, 11) is 0. The molecule has 1 fully saturated rings. The molecular weight excluding hydrogens is 364 g/mol. The first-order chi connectivity index (χ1) is 14.0. The number of H-pyrrole nitrogens is 1. The van der Waals surface area contributed by atoms with Crippen LogP contribution >= 0.6 is 0 Å². The van der Waals surface area contributed by atoms with Gasteiger partial charge in [-0.15, -0.1) is 0 Å². The monoisotopic (exact) mass is 390 g/mol. The number of aromatic carboxylic acids is 1. The largest absolute Gasteiger partial charge is 0.478 e. The van der Waals surface area contributed by atoms with Crippen LogP contribution in [0, 0.1) is 19.8 Å². The van der Waals surface area contributed by atoms with Gasteiger partial charge in [-0.05, 0) is 62.3 Å². The van der Waals surface area contributed by atoms with Crippen LogP contribution in [0.3, 0.4) is 0 Å². The summed E-state index contributed by atoms with van der Waals surface area (Å²) >= 11 is 0. The van der Waals surface area contributed by atoms with Crippen LogP contribution in [0.1, 0.15) is 50.4 Å². The van der Waals surface area contributed by atoms with Gasteiger partial charge < -0.3 is 15.0 Å². The summed E-state index contributed by atoms with van der Waals surface area (Å²) in [6, 6.07) is 13.1. The lowest BCUT2D eigenvalue weighted by Crippen LogP contribution is -2.39. The van der Waals surface area contributed by atoms with Crippen molar-refractivity contribution >= 4 is 22.8 Å². The zero-order chi connectivity index (χ0) is 20.5. The molecule has 0 saturated carbocycles. The lowest BCUT2D eigenvalue weighted by Gasteiger charge is -2.32. The van der Waals surface area contributed by atoms with E-state index >= 15 is 0 Å². The first kappa shape index (κ1) is 19.2. The number of nitrogens with one attached hydrogen (secondary N) is 1. The number of piperidine rings is 1. The number of fused-ring (bicyclic) bond motifs is 1. The Bertz CT molecular complexity index is 1070. The quantitative estimate of drug-likeness (QED) is 0.685. The average Bonchev–Trinajstić information content (AvgIpc) is 3.02. The molecule has 5 nitrogen and oxygen atoms in total. The lowest BCUT2D eigenvalue weighted by atomic mass is 9.88. The fraction of sp³-hybridized carbons (Fsp3) is 0.333. The second kappa shape index (κ2) is 7.74. The highest BCUT2D eigenvalue weighted by molar-refractivity contribution is 6.06. The number of likely N-dealkylation sites (tertiary alicyclic amines) is 1. The second-order valence-corrected chi connectivity index (χ2v) is 8.01. The average molecular weight is 390 g/mol. The highest BCUT2D eigenvalue weighted by Gasteiger charge is 2.26. The summed E-state index contributed by atoms with van der Waals surface area (Å²) < 4.78 is 0. The van der Waals surface area contributed by atoms with E-state index in [-0.39, 0.29) is 5.91 Å². The van der Waals surface area contributed by atoms with Gasteiger partial charge in [0, 0.05) is 24.2 Å². The van der Waals surface area contributed by atoms with Crippen LogP contribution in [0.25, 0.3) is 10.9 Å². The number of carbonyl (C=O) groups excluding carboxylic acids is 1. The van der Waals surface area contributed by atoms with E-state index in [1.807, 2.05) is 36.1 Å². The smallest absolute Gasteiger partial charge is 0.335 e. The summed E-state index contributed by atoms with van der Waals surface area (Å²) in [5.41, 5.74) is 5.20. The van der Waals surface area contributed by atoms with Gasteiger partial charge in [-0.3, -0.25) is 4.79 Å². The van der Waals surface area contributed by atoms with Gasteiger partial charge in [0.05, 0.1) is 16.6 Å². The molecule has 1 aliphatic rings. The SMILES string of the molecule is Cc1[nH]c2c(C(=O)N3CCC(Cc4ccccc4C(=O)O)CC3)cccc2c1C. The molecule has 0 spiro atoms. The van der Waals surface area contributed by atoms with E-state index < -0.39 is 5.97 Å². The van der Waals surface area contributed by atoms with Crippen molar-refractivity contribution in [1.82, 2.24) is 9.88 Å². The van der Waals surface area contributed by atoms with Crippen LogP contribution in [-0.2, 0) is 6.42 Å². The first-order valence-electron chi connectivity index (χ1n) is 10.1. The van der Waals surface area contributed by atoms with E-state index in [1.165, 1.54) is 5.56 Å². The van der Waals surface area contributed by atoms with E-state index in [2.05, 4.69) is 18.0 Å². The van der Waals surface area contributed by atoms with Crippen molar-refractivity contribution in [2.45, 2.75) is 33.1 Å². The number of nitrogens with zero attached hydrogens (tertiary/aromatic N) is 1. The Labute approximate surface area is 170 Å². The van der Waals surface area contributed by atoms with Crippen molar-refractivity contribution in [2.75, 3.05) is 13.1 Å². The molecule has 1 aromatic heterocycles. The Balaban J connectivity index is 1.46. The fourth-order valence-electron chi connectivity index (χ4n) is 4.39. The van der Waals surface area contributed by atoms with Gasteiger partial charge in [-0.2, -0.15) is 0 Å². The second-order valence-electron chi connectivity index (χ2n) is 8.01. The Hall–Kier alpha value is -3.08. The molecule has 2 N–H and O–H groups in total. The minimum absolute atomic E-state index is 0.0706. The number of carbonyl (C=O) groups is 2. The number of carboxylic acid groups (broad SMARTS) is 1. The predicted octanol–water partition coefficient (Wildman–Crippen LogP) is 4.58. The molecule has 0 aliphatic carbocycles. The number of rotatable bonds is 4. The molecule has 0 bridgehead atoms. The van der Waals surface area contributed by atoms with Crippen LogP contribution in [0.15, 0.2) is 42.5 Å². The van der Waals surface area contributed by atoms with Gasteiger partial charge in [-0.1, -0.05) is 30.3 Å². The standard InChI is InChI=1S/C24H26N2O3/c1-15-16(2)25-22-19(15)8-5-9-21(22)23(27)26-12-10-17(11-13-26)14-18-6-3-4-7-20(18)24(28)29/h3-9,17,25H,10-14H2,1-2H3,(H,28,29). The number of aromatic nitrogens is 1. The number of aromatic amines is 1. The predicted molar refractivity (Wildman–Crippen MR) is 114 cm³/mol. The highest BCUT2D eigenvalue weighted by Crippen LogP contribution is 2.28. The third kappa shape index (κ3) is 3.65. The normalized spacial score (nSPS) is 15.0. The Morgan fingerprint density at radius 2 is 1.72 bits per heavy atom. The van der Waals surface area contributed by atoms with Crippen LogP contribution in [-0.4, -0.2) is 40.0 Å². The molecule has 0 radical (unpaired) electrons. The topological polar surface area (TPSA) is 73.4 Å². The summed E-state index contributed by atoms with van der Waals surface area (Å²) in [6.45, 7) is 5.51. The van der Waals surface area contributed by atoms with E-state index in [4.69, 9.17) is 0 Å². The molecule has 1 aliphatic heterocycles. The Kier molecular flexibility index (Phi) is 5.14. The van der Waals surface area contributed by atoms with Gasteiger partial charge in [-0.25, -0.2) is 4.79 Å². The number of para-hydroxylation sites is 1. The zero-order valence-electron chi connectivity index (χ0n) is 16.9. The molecule has 1 amide bonds. The van der Waals surface area contributed by atoms with Crippen molar-refractivity contribution in [3.8, 4) is 0 Å². The van der Waals surface area contributed by atoms with E-state index in [9.17, 15) is 14.7 Å². The lowest BCUT2D eigenvalue weighted by molar-refractivity contribution is 0.0692. The number of hydrogen-bond acceptors (Lipinski definition) is 2. The minimum Gasteiger partial charge on any atom is -0.478 e. The van der Waals surface area contributed by atoms with Crippen molar-refractivity contribution in [1.29, 1.82) is 0 Å². The number of benzene rings is 2. The molecular formula is C24H26N2O3. The molecule has 3 aromatic rings. The Morgan fingerprint density at radius 3 is 2.45 bits per heavy atom. The maximum Gasteiger partial charge on any atom is 0.335 e. The summed E-state index contributed by atoms with van der Waals surface area (Å²) in [4.78, 5) is 29.9. The van der Waals surface area contributed by atoms with Crippen molar-refractivity contribution in [2.24, 2.45) is 5.92 Å². The number of carboxylic acids is 1. The maximum atomic E-state index is 13.2. The zero-order valence-corrected chi connectivity index (χ0v) is 16.9. The maximum absolute atomic E-state index is 13.2. The van der Waals surface area contributed by atoms with Crippen molar-refractivity contribution < 1.29 is 14.7 Å². The van der Waals surface area contributed by atoms with Crippen LogP contribution in [0.5, 0.6) is 0 Å². The van der Waals surface area contributed by atoms with Crippen molar-refractivity contribution in [3.63, 3.8) is 0 Å². The molecule has 1 saturated heterocycles. The van der Waals surface area contributed by atoms with Gasteiger partial charge >= 0.3 is 5.97 Å². The Morgan fingerprint density at radius 1 is 1.03 bits per heavy atom. The van der Waals surface area contributed by atoms with Gasteiger partial charge in [0.2, 0.25) is 0 Å². The van der Waals surface area contributed by atoms with Crippen LogP contribution in [0.2, 0.25) is 0 Å². The summed E-state index contributed by atoms with van der Waals surface area (Å²) in [5.74, 6) is -0.413. The molecule has 150 valence electrons. The highest BCUT2D eigenvalue weighted by atomic mass is 16.4. The van der Waals surface area contributed by atoms with Gasteiger partial charge in [0.15, 0.2) is 0 Å². The number of hydrogen-bond donors (Lipinski definition) is 2.